The van der Waals surface area contributed by atoms with E-state index in [1.165, 1.54) is 23.5 Å². The van der Waals surface area contributed by atoms with Crippen molar-refractivity contribution in [3.05, 3.63) is 35.1 Å². The average molecular weight is 299 g/mol. The molecule has 1 N–H and O–H groups in total. The molecule has 0 saturated carbocycles. The molecule has 1 nitrogen and oxygen atoms in total. The third-order valence-corrected chi connectivity index (χ3v) is 7.06. The summed E-state index contributed by atoms with van der Waals surface area (Å²) in [4.78, 5) is 0. The first-order valence-electron chi connectivity index (χ1n) is 6.84. The van der Waals surface area contributed by atoms with Gasteiger partial charge in [-0.1, -0.05) is 13.0 Å². The Morgan fingerprint density at radius 1 is 1.37 bits per heavy atom. The Bertz CT molecular complexity index is 425. The molecular formula is C15H22FNS2. The van der Waals surface area contributed by atoms with Gasteiger partial charge in [0.05, 0.1) is 0 Å². The van der Waals surface area contributed by atoms with Crippen molar-refractivity contribution in [3.63, 3.8) is 0 Å². The number of hydrogen-bond donors (Lipinski definition) is 1. The van der Waals surface area contributed by atoms with E-state index in [0.717, 1.165) is 5.56 Å². The molecule has 1 saturated heterocycles. The summed E-state index contributed by atoms with van der Waals surface area (Å²) in [5, 5.41) is 4.59. The molecule has 1 aliphatic heterocycles. The predicted octanol–water partition coefficient (Wildman–Crippen LogP) is 4.02. The van der Waals surface area contributed by atoms with E-state index in [1.807, 2.05) is 24.9 Å². The molecule has 0 aromatic heterocycles. The fourth-order valence-electron chi connectivity index (χ4n) is 2.69. The molecule has 0 radical (unpaired) electrons. The van der Waals surface area contributed by atoms with Gasteiger partial charge in [0, 0.05) is 28.0 Å². The fraction of sp³-hybridized carbons (Fsp3) is 0.600. The van der Waals surface area contributed by atoms with Gasteiger partial charge in [0.25, 0.3) is 0 Å². The van der Waals surface area contributed by atoms with Gasteiger partial charge in [0.15, 0.2) is 0 Å². The van der Waals surface area contributed by atoms with Gasteiger partial charge in [0.2, 0.25) is 0 Å². The zero-order chi connectivity index (χ0) is 13.8. The third-order valence-electron chi connectivity index (χ3n) is 3.71. The maximum Gasteiger partial charge on any atom is 0.123 e. The van der Waals surface area contributed by atoms with Gasteiger partial charge in [-0.3, -0.25) is 0 Å². The number of thioether (sulfide) groups is 2. The predicted molar refractivity (Wildman–Crippen MR) is 85.7 cm³/mol. The van der Waals surface area contributed by atoms with Gasteiger partial charge < -0.3 is 5.32 Å². The zero-order valence-corrected chi connectivity index (χ0v) is 13.4. The molecule has 1 aliphatic rings. The SMILES string of the molecule is CCC1SCCSC1C(NC)c1cc(F)ccc1C. The first-order valence-corrected chi connectivity index (χ1v) is 8.93. The smallest absolute Gasteiger partial charge is 0.123 e. The Morgan fingerprint density at radius 3 is 2.79 bits per heavy atom. The monoisotopic (exact) mass is 299 g/mol. The van der Waals surface area contributed by atoms with Crippen LogP contribution in [-0.4, -0.2) is 29.1 Å². The van der Waals surface area contributed by atoms with Crippen LogP contribution in [0.4, 0.5) is 4.39 Å². The molecule has 0 spiro atoms. The molecule has 3 unspecified atom stereocenters. The van der Waals surface area contributed by atoms with E-state index in [1.54, 1.807) is 12.1 Å². The molecule has 1 heterocycles. The average Bonchev–Trinajstić information content (AvgIpc) is 2.44. The van der Waals surface area contributed by atoms with E-state index in [9.17, 15) is 4.39 Å². The Labute approximate surface area is 124 Å². The number of hydrogen-bond acceptors (Lipinski definition) is 3. The highest BCUT2D eigenvalue weighted by atomic mass is 32.2. The second kappa shape index (κ2) is 7.00. The molecule has 19 heavy (non-hydrogen) atoms. The first kappa shape index (κ1) is 15.2. The normalized spacial score (nSPS) is 25.3. The van der Waals surface area contributed by atoms with Gasteiger partial charge in [-0.25, -0.2) is 4.39 Å². The van der Waals surface area contributed by atoms with E-state index in [-0.39, 0.29) is 11.9 Å². The highest BCUT2D eigenvalue weighted by Crippen LogP contribution is 2.40. The van der Waals surface area contributed by atoms with Crippen LogP contribution in [0.1, 0.15) is 30.5 Å². The molecular weight excluding hydrogens is 277 g/mol. The van der Waals surface area contributed by atoms with Gasteiger partial charge in [-0.05, 0) is 43.7 Å². The van der Waals surface area contributed by atoms with Crippen LogP contribution >= 0.6 is 23.5 Å². The number of nitrogens with one attached hydrogen (secondary N) is 1. The minimum absolute atomic E-state index is 0.137. The van der Waals surface area contributed by atoms with Crippen molar-refractivity contribution in [1.29, 1.82) is 0 Å². The molecule has 106 valence electrons. The van der Waals surface area contributed by atoms with E-state index in [2.05, 4.69) is 30.9 Å². The largest absolute Gasteiger partial charge is 0.312 e. The van der Waals surface area contributed by atoms with Gasteiger partial charge in [-0.2, -0.15) is 23.5 Å². The lowest BCUT2D eigenvalue weighted by Crippen LogP contribution is -2.37. The lowest BCUT2D eigenvalue weighted by atomic mass is 9.96. The van der Waals surface area contributed by atoms with E-state index in [4.69, 9.17) is 0 Å². The van der Waals surface area contributed by atoms with E-state index < -0.39 is 0 Å². The molecule has 2 rings (SSSR count). The Hall–Kier alpha value is -0.190. The van der Waals surface area contributed by atoms with Crippen LogP contribution in [0.5, 0.6) is 0 Å². The van der Waals surface area contributed by atoms with Gasteiger partial charge in [-0.15, -0.1) is 0 Å². The zero-order valence-electron chi connectivity index (χ0n) is 11.8. The highest BCUT2D eigenvalue weighted by molar-refractivity contribution is 8.07. The molecule has 4 heteroatoms. The summed E-state index contributed by atoms with van der Waals surface area (Å²) in [6.07, 6.45) is 1.18. The summed E-state index contributed by atoms with van der Waals surface area (Å²) in [6.45, 7) is 4.32. The van der Waals surface area contributed by atoms with Crippen molar-refractivity contribution in [3.8, 4) is 0 Å². The van der Waals surface area contributed by atoms with Gasteiger partial charge in [0.1, 0.15) is 5.82 Å². The molecule has 1 aromatic carbocycles. The summed E-state index contributed by atoms with van der Waals surface area (Å²) in [7, 11) is 1.99. The Morgan fingerprint density at radius 2 is 2.11 bits per heavy atom. The quantitative estimate of drug-likeness (QED) is 0.902. The maximum absolute atomic E-state index is 13.6. The number of rotatable bonds is 4. The lowest BCUT2D eigenvalue weighted by Gasteiger charge is -2.36. The molecule has 0 bridgehead atoms. The van der Waals surface area contributed by atoms with Crippen LogP contribution in [0.3, 0.4) is 0 Å². The number of halogens is 1. The Balaban J connectivity index is 2.29. The van der Waals surface area contributed by atoms with Crippen molar-refractivity contribution >= 4 is 23.5 Å². The van der Waals surface area contributed by atoms with Crippen LogP contribution < -0.4 is 5.32 Å². The molecule has 0 aliphatic carbocycles. The molecule has 1 aromatic rings. The fourth-order valence-corrected chi connectivity index (χ4v) is 5.97. The minimum atomic E-state index is -0.137. The van der Waals surface area contributed by atoms with Crippen molar-refractivity contribution in [2.75, 3.05) is 18.6 Å². The summed E-state index contributed by atoms with van der Waals surface area (Å²) < 4.78 is 13.6. The Kier molecular flexibility index (Phi) is 5.60. The summed E-state index contributed by atoms with van der Waals surface area (Å²) >= 11 is 4.10. The standard InChI is InChI=1S/C15H22FNS2/c1-4-13-15(19-8-7-18-13)14(17-3)12-9-11(16)6-5-10(12)2/h5-6,9,13-15,17H,4,7-8H2,1-3H3. The summed E-state index contributed by atoms with van der Waals surface area (Å²) in [5.74, 6) is 2.29. The lowest BCUT2D eigenvalue weighted by molar-refractivity contribution is 0.535. The second-order valence-electron chi connectivity index (χ2n) is 4.92. The molecule has 3 atom stereocenters. The topological polar surface area (TPSA) is 12.0 Å². The maximum atomic E-state index is 13.6. The number of aryl methyl sites for hydroxylation is 1. The van der Waals surface area contributed by atoms with Crippen LogP contribution in [0.15, 0.2) is 18.2 Å². The van der Waals surface area contributed by atoms with Crippen LogP contribution in [0.25, 0.3) is 0 Å². The summed E-state index contributed by atoms with van der Waals surface area (Å²) in [5.41, 5.74) is 2.28. The van der Waals surface area contributed by atoms with E-state index >= 15 is 0 Å². The van der Waals surface area contributed by atoms with Crippen molar-refractivity contribution < 1.29 is 4.39 Å². The van der Waals surface area contributed by atoms with Crippen molar-refractivity contribution in [1.82, 2.24) is 5.32 Å². The van der Waals surface area contributed by atoms with Crippen molar-refractivity contribution in [2.45, 2.75) is 36.8 Å². The van der Waals surface area contributed by atoms with E-state index in [0.29, 0.717) is 10.5 Å². The minimum Gasteiger partial charge on any atom is -0.312 e. The molecule has 0 amide bonds. The van der Waals surface area contributed by atoms with Crippen molar-refractivity contribution in [2.24, 2.45) is 0 Å². The molecule has 1 fully saturated rings. The number of benzene rings is 1. The van der Waals surface area contributed by atoms with Crippen LogP contribution in [0, 0.1) is 12.7 Å². The van der Waals surface area contributed by atoms with Crippen LogP contribution in [0.2, 0.25) is 0 Å². The highest BCUT2D eigenvalue weighted by Gasteiger charge is 2.32. The third kappa shape index (κ3) is 3.47. The summed E-state index contributed by atoms with van der Waals surface area (Å²) in [6, 6.07) is 5.36. The first-order chi connectivity index (χ1) is 9.17. The van der Waals surface area contributed by atoms with Crippen LogP contribution in [-0.2, 0) is 0 Å². The van der Waals surface area contributed by atoms with Gasteiger partial charge >= 0.3 is 0 Å². The second-order valence-corrected chi connectivity index (χ2v) is 7.55.